The Bertz CT molecular complexity index is 954. The smallest absolute Gasteiger partial charge is 0.410 e. The highest BCUT2D eigenvalue weighted by atomic mass is 16.6. The summed E-state index contributed by atoms with van der Waals surface area (Å²) in [5.74, 6) is 1.82. The van der Waals surface area contributed by atoms with E-state index in [2.05, 4.69) is 11.9 Å². The number of carbonyl (C=O) groups excluding carboxylic acids is 1. The summed E-state index contributed by atoms with van der Waals surface area (Å²) >= 11 is 0. The molecule has 1 aromatic carbocycles. The van der Waals surface area contributed by atoms with Gasteiger partial charge in [0.25, 0.3) is 0 Å². The molecule has 5 heteroatoms. The first-order chi connectivity index (χ1) is 14.1. The summed E-state index contributed by atoms with van der Waals surface area (Å²) in [5, 5.41) is 0. The van der Waals surface area contributed by atoms with Crippen molar-refractivity contribution >= 4 is 6.09 Å². The van der Waals surface area contributed by atoms with Crippen LogP contribution in [-0.2, 0) is 17.8 Å². The first-order valence-electron chi connectivity index (χ1n) is 10.8. The van der Waals surface area contributed by atoms with Crippen LogP contribution in [0.25, 0.3) is 0 Å². The highest BCUT2D eigenvalue weighted by Crippen LogP contribution is 2.49. The van der Waals surface area contributed by atoms with E-state index in [1.807, 2.05) is 41.3 Å². The van der Waals surface area contributed by atoms with Crippen LogP contribution in [0.5, 0.6) is 0 Å². The van der Waals surface area contributed by atoms with Crippen LogP contribution < -0.4 is 5.56 Å². The Hall–Kier alpha value is -2.56. The zero-order chi connectivity index (χ0) is 20.0. The number of pyridine rings is 1. The van der Waals surface area contributed by atoms with E-state index in [0.29, 0.717) is 30.9 Å². The molecular formula is C24H28N2O3. The summed E-state index contributed by atoms with van der Waals surface area (Å²) in [5.41, 5.74) is 3.28. The van der Waals surface area contributed by atoms with Gasteiger partial charge in [-0.2, -0.15) is 0 Å². The summed E-state index contributed by atoms with van der Waals surface area (Å²) in [4.78, 5) is 30.2. The Morgan fingerprint density at radius 2 is 1.97 bits per heavy atom. The molecule has 1 saturated heterocycles. The topological polar surface area (TPSA) is 62.4 Å². The number of aromatic nitrogens is 1. The lowest BCUT2D eigenvalue weighted by molar-refractivity contribution is -0.00362. The van der Waals surface area contributed by atoms with Crippen molar-refractivity contribution in [3.63, 3.8) is 0 Å². The number of rotatable bonds is 2. The lowest BCUT2D eigenvalue weighted by Gasteiger charge is -2.49. The number of hydrogen-bond acceptors (Lipinski definition) is 3. The van der Waals surface area contributed by atoms with Crippen molar-refractivity contribution in [3.05, 3.63) is 69.6 Å². The number of aromatic amines is 1. The molecule has 0 unspecified atom stereocenters. The van der Waals surface area contributed by atoms with Gasteiger partial charge in [-0.05, 0) is 54.6 Å². The van der Waals surface area contributed by atoms with Gasteiger partial charge >= 0.3 is 6.09 Å². The van der Waals surface area contributed by atoms with E-state index < -0.39 is 0 Å². The molecule has 1 aliphatic heterocycles. The van der Waals surface area contributed by atoms with Crippen molar-refractivity contribution in [1.29, 1.82) is 0 Å². The predicted molar refractivity (Wildman–Crippen MR) is 111 cm³/mol. The zero-order valence-electron chi connectivity index (χ0n) is 16.8. The third-order valence-corrected chi connectivity index (χ3v) is 7.21. The molecule has 152 valence electrons. The molecule has 2 aliphatic carbocycles. The molecular weight excluding hydrogens is 364 g/mol. The van der Waals surface area contributed by atoms with Gasteiger partial charge in [-0.25, -0.2) is 4.79 Å². The molecule has 3 aliphatic rings. The number of nitrogens with one attached hydrogen (secondary N) is 1. The van der Waals surface area contributed by atoms with Gasteiger partial charge in [-0.3, -0.25) is 4.79 Å². The number of ether oxygens (including phenoxy) is 1. The first kappa shape index (κ1) is 18.5. The van der Waals surface area contributed by atoms with E-state index in [1.54, 1.807) is 6.07 Å². The van der Waals surface area contributed by atoms with Gasteiger partial charge in [0.15, 0.2) is 0 Å². The monoisotopic (exact) mass is 392 g/mol. The standard InChI is InChI=1S/C24H28N2O3/c1-15-9-17-12-21-19(7-8-23(27)25-21)18-11-20(17)22(10-15)26(13-18)24(28)29-14-16-5-3-2-4-6-16/h2-8,15,17-18,20,22H,9-14H2,1H3,(H,25,27)/t15-,17+,18-,20-,22+/m1/s1. The Kier molecular flexibility index (Phi) is 4.69. The summed E-state index contributed by atoms with van der Waals surface area (Å²) in [6.45, 7) is 3.27. The minimum Gasteiger partial charge on any atom is -0.445 e. The van der Waals surface area contributed by atoms with Crippen LogP contribution in [-0.4, -0.2) is 28.6 Å². The van der Waals surface area contributed by atoms with Gasteiger partial charge < -0.3 is 14.6 Å². The van der Waals surface area contributed by atoms with Crippen LogP contribution in [0.1, 0.15) is 48.9 Å². The summed E-state index contributed by atoms with van der Waals surface area (Å²) in [6, 6.07) is 13.7. The Balaban J connectivity index is 1.43. The lowest BCUT2D eigenvalue weighted by Crippen LogP contribution is -2.55. The second-order valence-electron chi connectivity index (χ2n) is 9.15. The van der Waals surface area contributed by atoms with E-state index in [4.69, 9.17) is 4.74 Å². The maximum absolute atomic E-state index is 13.1. The summed E-state index contributed by atoms with van der Waals surface area (Å²) in [7, 11) is 0. The quantitative estimate of drug-likeness (QED) is 0.837. The number of hydrogen-bond donors (Lipinski definition) is 1. The number of benzene rings is 1. The molecule has 29 heavy (non-hydrogen) atoms. The third-order valence-electron chi connectivity index (χ3n) is 7.21. The molecule has 1 aromatic heterocycles. The Labute approximate surface area is 171 Å². The second-order valence-corrected chi connectivity index (χ2v) is 9.15. The highest BCUT2D eigenvalue weighted by molar-refractivity contribution is 5.68. The number of piperidine rings is 1. The van der Waals surface area contributed by atoms with Crippen LogP contribution in [0.15, 0.2) is 47.3 Å². The molecule has 0 radical (unpaired) electrons. The van der Waals surface area contributed by atoms with Gasteiger partial charge in [-0.1, -0.05) is 43.3 Å². The number of likely N-dealkylation sites (tertiary alicyclic amines) is 1. The molecule has 2 bridgehead atoms. The van der Waals surface area contributed by atoms with Gasteiger partial charge in [0.05, 0.1) is 0 Å². The van der Waals surface area contributed by atoms with Crippen molar-refractivity contribution in [2.45, 2.75) is 51.2 Å². The molecule has 1 saturated carbocycles. The van der Waals surface area contributed by atoms with Gasteiger partial charge in [0, 0.05) is 30.3 Å². The van der Waals surface area contributed by atoms with Crippen LogP contribution in [0, 0.1) is 17.8 Å². The Morgan fingerprint density at radius 3 is 2.79 bits per heavy atom. The normalized spacial score (nSPS) is 30.2. The average Bonchev–Trinajstić information content (AvgIpc) is 2.85. The average molecular weight is 392 g/mol. The molecule has 1 N–H and O–H groups in total. The van der Waals surface area contributed by atoms with E-state index in [0.717, 1.165) is 36.9 Å². The molecule has 5 nitrogen and oxygen atoms in total. The summed E-state index contributed by atoms with van der Waals surface area (Å²) < 4.78 is 5.74. The van der Waals surface area contributed by atoms with E-state index in [9.17, 15) is 9.59 Å². The van der Waals surface area contributed by atoms with Crippen molar-refractivity contribution in [1.82, 2.24) is 9.88 Å². The van der Waals surface area contributed by atoms with E-state index in [-0.39, 0.29) is 23.6 Å². The summed E-state index contributed by atoms with van der Waals surface area (Å²) in [6.07, 6.45) is 4.02. The van der Waals surface area contributed by atoms with Crippen LogP contribution in [0.2, 0.25) is 0 Å². The van der Waals surface area contributed by atoms with E-state index in [1.165, 1.54) is 5.56 Å². The van der Waals surface area contributed by atoms with E-state index >= 15 is 0 Å². The number of fused-ring (bicyclic) bond motifs is 3. The highest BCUT2D eigenvalue weighted by Gasteiger charge is 2.48. The van der Waals surface area contributed by atoms with Crippen molar-refractivity contribution in [2.24, 2.45) is 17.8 Å². The van der Waals surface area contributed by atoms with Crippen molar-refractivity contribution < 1.29 is 9.53 Å². The fourth-order valence-corrected chi connectivity index (χ4v) is 5.99. The van der Waals surface area contributed by atoms with Crippen LogP contribution in [0.3, 0.4) is 0 Å². The fraction of sp³-hybridized carbons (Fsp3) is 0.500. The molecule has 2 fully saturated rings. The maximum atomic E-state index is 13.1. The number of nitrogens with zero attached hydrogens (tertiary/aromatic N) is 1. The fourth-order valence-electron chi connectivity index (χ4n) is 5.99. The second kappa shape index (κ2) is 7.36. The maximum Gasteiger partial charge on any atom is 0.410 e. The van der Waals surface area contributed by atoms with Gasteiger partial charge in [0.2, 0.25) is 5.56 Å². The van der Waals surface area contributed by atoms with Crippen molar-refractivity contribution in [2.75, 3.05) is 6.54 Å². The zero-order valence-corrected chi connectivity index (χ0v) is 16.8. The number of carbonyl (C=O) groups is 1. The van der Waals surface area contributed by atoms with Gasteiger partial charge in [-0.15, -0.1) is 0 Å². The van der Waals surface area contributed by atoms with Gasteiger partial charge in [0.1, 0.15) is 6.61 Å². The molecule has 1 amide bonds. The molecule has 0 spiro atoms. The number of H-pyrrole nitrogens is 1. The minimum atomic E-state index is -0.200. The predicted octanol–water partition coefficient (Wildman–Crippen LogP) is 4.09. The molecule has 2 aromatic rings. The van der Waals surface area contributed by atoms with Crippen LogP contribution in [0.4, 0.5) is 4.79 Å². The van der Waals surface area contributed by atoms with Crippen molar-refractivity contribution in [3.8, 4) is 0 Å². The molecule has 5 rings (SSSR count). The van der Waals surface area contributed by atoms with Crippen LogP contribution >= 0.6 is 0 Å². The minimum absolute atomic E-state index is 0.0280. The first-order valence-corrected chi connectivity index (χ1v) is 10.8. The Morgan fingerprint density at radius 1 is 1.14 bits per heavy atom. The largest absolute Gasteiger partial charge is 0.445 e. The third kappa shape index (κ3) is 3.47. The number of amides is 1. The molecule has 2 heterocycles. The SMILES string of the molecule is C[C@@H]1C[C@H]2Cc3[nH]c(=O)ccc3[C@@H]3C[C@H]2[C@H](C1)N(C(=O)OCc1ccccc1)C3. The lowest BCUT2D eigenvalue weighted by atomic mass is 9.66. The molecule has 5 atom stereocenters.